The quantitative estimate of drug-likeness (QED) is 0.729. The third kappa shape index (κ3) is 4.41. The molecule has 0 heterocycles. The smallest absolute Gasteiger partial charge is 0.313 e. The van der Waals surface area contributed by atoms with E-state index in [4.69, 9.17) is 11.6 Å². The van der Waals surface area contributed by atoms with Crippen molar-refractivity contribution < 1.29 is 19.1 Å². The Bertz CT molecular complexity index is 545. The number of aliphatic hydroxyl groups is 1. The Kier molecular flexibility index (Phi) is 5.14. The summed E-state index contributed by atoms with van der Waals surface area (Å²) in [5.41, 5.74) is 0.163. The molecule has 3 N–H and O–H groups in total. The zero-order valence-corrected chi connectivity index (χ0v) is 12.0. The zero-order valence-electron chi connectivity index (χ0n) is 11.2. The Balaban J connectivity index is 1.87. The van der Waals surface area contributed by atoms with Crippen molar-refractivity contribution in [1.82, 2.24) is 5.32 Å². The topological polar surface area (TPSA) is 78.4 Å². The summed E-state index contributed by atoms with van der Waals surface area (Å²) in [7, 11) is 0. The summed E-state index contributed by atoms with van der Waals surface area (Å²) in [6.45, 7) is 0. The van der Waals surface area contributed by atoms with Gasteiger partial charge in [-0.15, -0.1) is 0 Å². The van der Waals surface area contributed by atoms with E-state index in [9.17, 15) is 19.1 Å². The van der Waals surface area contributed by atoms with Crippen LogP contribution in [0.4, 0.5) is 10.1 Å². The molecule has 114 valence electrons. The molecular formula is C14H16ClFN2O3. The summed E-state index contributed by atoms with van der Waals surface area (Å²) < 4.78 is 13.2. The van der Waals surface area contributed by atoms with Gasteiger partial charge < -0.3 is 15.7 Å². The van der Waals surface area contributed by atoms with Crippen molar-refractivity contribution >= 4 is 29.1 Å². The predicted molar refractivity (Wildman–Crippen MR) is 76.4 cm³/mol. The van der Waals surface area contributed by atoms with Gasteiger partial charge in [0.25, 0.3) is 0 Å². The maximum atomic E-state index is 13.2. The number of halogens is 2. The molecule has 7 heteroatoms. The molecule has 1 aliphatic carbocycles. The molecule has 1 aliphatic rings. The first kappa shape index (κ1) is 15.7. The summed E-state index contributed by atoms with van der Waals surface area (Å²) in [5.74, 6) is -2.30. The molecule has 2 amide bonds. The van der Waals surface area contributed by atoms with Crippen LogP contribution in [-0.4, -0.2) is 29.1 Å². The molecule has 1 fully saturated rings. The van der Waals surface area contributed by atoms with Crippen LogP contribution in [-0.2, 0) is 9.59 Å². The fourth-order valence-corrected chi connectivity index (χ4v) is 2.35. The molecular weight excluding hydrogens is 299 g/mol. The van der Waals surface area contributed by atoms with E-state index in [0.29, 0.717) is 25.7 Å². The van der Waals surface area contributed by atoms with Gasteiger partial charge in [0, 0.05) is 11.7 Å². The van der Waals surface area contributed by atoms with E-state index in [1.165, 1.54) is 12.1 Å². The van der Waals surface area contributed by atoms with Crippen LogP contribution >= 0.6 is 11.6 Å². The third-order valence-corrected chi connectivity index (χ3v) is 3.72. The van der Waals surface area contributed by atoms with Gasteiger partial charge >= 0.3 is 11.8 Å². The van der Waals surface area contributed by atoms with E-state index >= 15 is 0 Å². The summed E-state index contributed by atoms with van der Waals surface area (Å²) in [5, 5.41) is 14.2. The van der Waals surface area contributed by atoms with Gasteiger partial charge in [-0.2, -0.15) is 0 Å². The molecule has 0 aliphatic heterocycles. The highest BCUT2D eigenvalue weighted by Crippen LogP contribution is 2.19. The fraction of sp³-hybridized carbons (Fsp3) is 0.429. The Morgan fingerprint density at radius 3 is 2.48 bits per heavy atom. The van der Waals surface area contributed by atoms with Crippen molar-refractivity contribution in [2.24, 2.45) is 0 Å². The predicted octanol–water partition coefficient (Wildman–Crippen LogP) is 1.84. The van der Waals surface area contributed by atoms with Crippen LogP contribution < -0.4 is 10.6 Å². The van der Waals surface area contributed by atoms with E-state index in [0.717, 1.165) is 6.07 Å². The van der Waals surface area contributed by atoms with Crippen LogP contribution in [0.3, 0.4) is 0 Å². The highest BCUT2D eigenvalue weighted by atomic mass is 35.5. The van der Waals surface area contributed by atoms with Crippen LogP contribution in [0.25, 0.3) is 0 Å². The molecule has 1 aromatic rings. The first-order valence-electron chi connectivity index (χ1n) is 6.70. The molecule has 1 saturated carbocycles. The lowest BCUT2D eigenvalue weighted by Crippen LogP contribution is -2.43. The number of aliphatic hydroxyl groups excluding tert-OH is 1. The minimum atomic E-state index is -0.858. The van der Waals surface area contributed by atoms with E-state index in [1.54, 1.807) is 0 Å². The Hall–Kier alpha value is -1.66. The lowest BCUT2D eigenvalue weighted by molar-refractivity contribution is -0.136. The Morgan fingerprint density at radius 2 is 1.86 bits per heavy atom. The van der Waals surface area contributed by atoms with Gasteiger partial charge in [0.05, 0.1) is 11.1 Å². The molecule has 0 radical (unpaired) electrons. The first-order valence-corrected chi connectivity index (χ1v) is 7.08. The summed E-state index contributed by atoms with van der Waals surface area (Å²) in [6.07, 6.45) is 2.15. The molecule has 0 unspecified atom stereocenters. The highest BCUT2D eigenvalue weighted by Gasteiger charge is 2.23. The van der Waals surface area contributed by atoms with Crippen molar-refractivity contribution in [3.63, 3.8) is 0 Å². The molecule has 0 aromatic heterocycles. The molecule has 1 aromatic carbocycles. The number of nitrogens with one attached hydrogen (secondary N) is 2. The number of anilines is 1. The lowest BCUT2D eigenvalue weighted by atomic mass is 9.93. The van der Waals surface area contributed by atoms with Crippen LogP contribution in [0.5, 0.6) is 0 Å². The van der Waals surface area contributed by atoms with Gasteiger partial charge in [0.2, 0.25) is 0 Å². The maximum absolute atomic E-state index is 13.2. The third-order valence-electron chi connectivity index (χ3n) is 3.42. The van der Waals surface area contributed by atoms with Gasteiger partial charge in [-0.05, 0) is 43.9 Å². The normalized spacial score (nSPS) is 21.7. The molecule has 0 bridgehead atoms. The molecule has 0 atom stereocenters. The minimum absolute atomic E-state index is 0.0572. The summed E-state index contributed by atoms with van der Waals surface area (Å²) in [6, 6.07) is 3.64. The number of benzene rings is 1. The second-order valence-corrected chi connectivity index (χ2v) is 5.47. The van der Waals surface area contributed by atoms with E-state index in [1.807, 2.05) is 0 Å². The molecule has 0 spiro atoms. The van der Waals surface area contributed by atoms with Gasteiger partial charge in [0.15, 0.2) is 0 Å². The average Bonchev–Trinajstić information content (AvgIpc) is 2.45. The second-order valence-electron chi connectivity index (χ2n) is 5.06. The average molecular weight is 315 g/mol. The fourth-order valence-electron chi connectivity index (χ4n) is 2.23. The molecule has 21 heavy (non-hydrogen) atoms. The van der Waals surface area contributed by atoms with E-state index in [2.05, 4.69) is 10.6 Å². The number of amides is 2. The number of hydrogen-bond donors (Lipinski definition) is 3. The van der Waals surface area contributed by atoms with Crippen molar-refractivity contribution in [1.29, 1.82) is 0 Å². The van der Waals surface area contributed by atoms with Crippen molar-refractivity contribution in [3.05, 3.63) is 29.0 Å². The Morgan fingerprint density at radius 1 is 1.19 bits per heavy atom. The van der Waals surface area contributed by atoms with Crippen molar-refractivity contribution in [2.75, 3.05) is 5.32 Å². The first-order chi connectivity index (χ1) is 9.95. The van der Waals surface area contributed by atoms with Gasteiger partial charge in [-0.25, -0.2) is 4.39 Å². The number of rotatable bonds is 2. The second kappa shape index (κ2) is 6.87. The van der Waals surface area contributed by atoms with Crippen LogP contribution in [0.2, 0.25) is 5.02 Å². The van der Waals surface area contributed by atoms with Crippen LogP contribution in [0, 0.1) is 5.82 Å². The minimum Gasteiger partial charge on any atom is -0.393 e. The highest BCUT2D eigenvalue weighted by molar-refractivity contribution is 6.39. The summed E-state index contributed by atoms with van der Waals surface area (Å²) in [4.78, 5) is 23.5. The largest absolute Gasteiger partial charge is 0.393 e. The number of hydrogen-bond acceptors (Lipinski definition) is 3. The summed E-state index contributed by atoms with van der Waals surface area (Å²) >= 11 is 5.53. The standard InChI is InChI=1S/C14H16ClFN2O3/c15-11-6-3-9(7-12(11)16)18-14(21)13(20)17-8-1-4-10(19)5-2-8/h3,6-8,10,19H,1-2,4-5H2,(H,17,20)(H,18,21). The number of carbonyl (C=O) groups excluding carboxylic acids is 2. The monoisotopic (exact) mass is 314 g/mol. The van der Waals surface area contributed by atoms with Crippen molar-refractivity contribution in [2.45, 2.75) is 37.8 Å². The molecule has 0 saturated heterocycles. The number of carbonyl (C=O) groups is 2. The Labute approximate surface area is 126 Å². The lowest BCUT2D eigenvalue weighted by Gasteiger charge is -2.25. The SMILES string of the molecule is O=C(Nc1ccc(Cl)c(F)c1)C(=O)NC1CCC(O)CC1. The zero-order chi connectivity index (χ0) is 15.4. The van der Waals surface area contributed by atoms with Crippen LogP contribution in [0.1, 0.15) is 25.7 Å². The van der Waals surface area contributed by atoms with E-state index in [-0.39, 0.29) is 22.9 Å². The van der Waals surface area contributed by atoms with Gasteiger partial charge in [0.1, 0.15) is 5.82 Å². The van der Waals surface area contributed by atoms with Crippen molar-refractivity contribution in [3.8, 4) is 0 Å². The van der Waals surface area contributed by atoms with E-state index < -0.39 is 17.6 Å². The molecule has 2 rings (SSSR count). The molecule has 5 nitrogen and oxygen atoms in total. The van der Waals surface area contributed by atoms with Gasteiger partial charge in [-0.1, -0.05) is 11.6 Å². The van der Waals surface area contributed by atoms with Gasteiger partial charge in [-0.3, -0.25) is 9.59 Å². The van der Waals surface area contributed by atoms with Crippen LogP contribution in [0.15, 0.2) is 18.2 Å². The maximum Gasteiger partial charge on any atom is 0.313 e.